The summed E-state index contributed by atoms with van der Waals surface area (Å²) in [4.78, 5) is 0. The molecule has 0 aliphatic heterocycles. The van der Waals surface area contributed by atoms with E-state index in [1.54, 1.807) is 18.4 Å². The molecular weight excluding hydrogens is 288 g/mol. The van der Waals surface area contributed by atoms with Crippen LogP contribution in [-0.2, 0) is 0 Å². The Balaban J connectivity index is 1.36. The first kappa shape index (κ1) is 18.0. The Kier molecular flexibility index (Phi) is 7.24. The Morgan fingerprint density at radius 3 is 1.96 bits per heavy atom. The molecule has 2 aliphatic rings. The second-order valence-corrected chi connectivity index (χ2v) is 8.65. The van der Waals surface area contributed by atoms with Crippen molar-refractivity contribution in [2.45, 2.75) is 96.3 Å². The molecule has 0 radical (unpaired) electrons. The predicted octanol–water partition coefficient (Wildman–Crippen LogP) is 7.74. The molecule has 0 amide bonds. The first-order valence-corrected chi connectivity index (χ1v) is 10.9. The predicted molar refractivity (Wildman–Crippen MR) is 105 cm³/mol. The highest BCUT2D eigenvalue weighted by molar-refractivity contribution is 5.19. The van der Waals surface area contributed by atoms with Crippen molar-refractivity contribution in [3.05, 3.63) is 35.9 Å². The number of hydrogen-bond acceptors (Lipinski definition) is 0. The Hall–Kier alpha value is -0.780. The molecule has 2 aliphatic carbocycles. The molecule has 3 rings (SSSR count). The van der Waals surface area contributed by atoms with Crippen LogP contribution >= 0.6 is 0 Å². The largest absolute Gasteiger partial charge is 0.0654 e. The van der Waals surface area contributed by atoms with Crippen molar-refractivity contribution in [2.75, 3.05) is 0 Å². The van der Waals surface area contributed by atoms with Crippen LogP contribution in [0.3, 0.4) is 0 Å². The molecule has 0 heteroatoms. The number of benzene rings is 1. The molecule has 0 N–H and O–H groups in total. The quantitative estimate of drug-likeness (QED) is 0.449. The van der Waals surface area contributed by atoms with Gasteiger partial charge in [-0.2, -0.15) is 0 Å². The first-order valence-electron chi connectivity index (χ1n) is 10.9. The zero-order chi connectivity index (χ0) is 16.6. The van der Waals surface area contributed by atoms with Gasteiger partial charge in [-0.25, -0.2) is 0 Å². The van der Waals surface area contributed by atoms with Crippen LogP contribution in [-0.4, -0.2) is 0 Å². The van der Waals surface area contributed by atoms with Crippen molar-refractivity contribution < 1.29 is 0 Å². The van der Waals surface area contributed by atoms with E-state index in [0.29, 0.717) is 0 Å². The number of hydrogen-bond donors (Lipinski definition) is 0. The van der Waals surface area contributed by atoms with Crippen molar-refractivity contribution in [3.63, 3.8) is 0 Å². The highest BCUT2D eigenvalue weighted by Crippen LogP contribution is 2.44. The summed E-state index contributed by atoms with van der Waals surface area (Å²) in [6.45, 7) is 2.32. The monoisotopic (exact) mass is 326 g/mol. The zero-order valence-electron chi connectivity index (χ0n) is 15.9. The van der Waals surface area contributed by atoms with Gasteiger partial charge in [-0.05, 0) is 67.8 Å². The van der Waals surface area contributed by atoms with Crippen LogP contribution in [0.4, 0.5) is 0 Å². The molecule has 134 valence electrons. The SMILES string of the molecule is CCCCCCC1CCC(C2CCC(c3ccccc3)CC2)CC1. The summed E-state index contributed by atoms with van der Waals surface area (Å²) in [5.41, 5.74) is 1.59. The molecule has 0 unspecified atom stereocenters. The van der Waals surface area contributed by atoms with Gasteiger partial charge in [0.15, 0.2) is 0 Å². The molecule has 2 saturated carbocycles. The van der Waals surface area contributed by atoms with Crippen LogP contribution in [0.5, 0.6) is 0 Å². The fraction of sp³-hybridized carbons (Fsp3) is 0.750. The average molecular weight is 327 g/mol. The normalized spacial score (nSPS) is 31.0. The van der Waals surface area contributed by atoms with Gasteiger partial charge in [-0.1, -0.05) is 82.2 Å². The number of unbranched alkanes of at least 4 members (excludes halogenated alkanes) is 3. The summed E-state index contributed by atoms with van der Waals surface area (Å²) < 4.78 is 0. The van der Waals surface area contributed by atoms with Crippen LogP contribution in [0.2, 0.25) is 0 Å². The fourth-order valence-corrected chi connectivity index (χ4v) is 5.46. The van der Waals surface area contributed by atoms with E-state index in [-0.39, 0.29) is 0 Å². The molecule has 0 bridgehead atoms. The summed E-state index contributed by atoms with van der Waals surface area (Å²) in [5.74, 6) is 4.02. The molecular formula is C24H38. The van der Waals surface area contributed by atoms with Crippen molar-refractivity contribution in [3.8, 4) is 0 Å². The van der Waals surface area contributed by atoms with E-state index in [1.807, 2.05) is 0 Å². The number of rotatable bonds is 7. The Morgan fingerprint density at radius 1 is 0.708 bits per heavy atom. The summed E-state index contributed by atoms with van der Waals surface area (Å²) >= 11 is 0. The lowest BCUT2D eigenvalue weighted by atomic mass is 9.68. The Bertz CT molecular complexity index is 432. The van der Waals surface area contributed by atoms with Crippen LogP contribution in [0.15, 0.2) is 30.3 Å². The highest BCUT2D eigenvalue weighted by atomic mass is 14.4. The standard InChI is InChI=1S/C24H38/c1-2-3-4-6-9-20-12-14-22(15-13-20)24-18-16-23(17-19-24)21-10-7-5-8-11-21/h5,7-8,10-11,20,22-24H,2-4,6,9,12-19H2,1H3. The second-order valence-electron chi connectivity index (χ2n) is 8.65. The van der Waals surface area contributed by atoms with E-state index in [1.165, 1.54) is 70.6 Å². The van der Waals surface area contributed by atoms with E-state index in [4.69, 9.17) is 0 Å². The third kappa shape index (κ3) is 5.11. The van der Waals surface area contributed by atoms with Crippen LogP contribution in [0.25, 0.3) is 0 Å². The lowest BCUT2D eigenvalue weighted by molar-refractivity contribution is 0.155. The lowest BCUT2D eigenvalue weighted by Crippen LogP contribution is -2.25. The second kappa shape index (κ2) is 9.64. The minimum Gasteiger partial charge on any atom is -0.0654 e. The molecule has 24 heavy (non-hydrogen) atoms. The zero-order valence-corrected chi connectivity index (χ0v) is 15.9. The van der Waals surface area contributed by atoms with Crippen molar-refractivity contribution in [1.82, 2.24) is 0 Å². The fourth-order valence-electron chi connectivity index (χ4n) is 5.46. The Morgan fingerprint density at radius 2 is 1.33 bits per heavy atom. The summed E-state index contributed by atoms with van der Waals surface area (Å²) in [6, 6.07) is 11.3. The molecule has 0 nitrogen and oxygen atoms in total. The van der Waals surface area contributed by atoms with Gasteiger partial charge >= 0.3 is 0 Å². The Labute approximate surface area is 150 Å². The van der Waals surface area contributed by atoms with E-state index < -0.39 is 0 Å². The summed E-state index contributed by atoms with van der Waals surface area (Å²) in [5, 5.41) is 0. The average Bonchev–Trinajstić information content (AvgIpc) is 2.67. The van der Waals surface area contributed by atoms with E-state index >= 15 is 0 Å². The maximum atomic E-state index is 2.34. The van der Waals surface area contributed by atoms with Crippen LogP contribution < -0.4 is 0 Å². The van der Waals surface area contributed by atoms with Crippen LogP contribution in [0, 0.1) is 17.8 Å². The third-order valence-corrected chi connectivity index (χ3v) is 7.07. The highest BCUT2D eigenvalue weighted by Gasteiger charge is 2.31. The summed E-state index contributed by atoms with van der Waals surface area (Å²) in [7, 11) is 0. The minimum atomic E-state index is 0.845. The topological polar surface area (TPSA) is 0 Å². The van der Waals surface area contributed by atoms with Gasteiger partial charge in [0, 0.05) is 0 Å². The van der Waals surface area contributed by atoms with Crippen molar-refractivity contribution in [2.24, 2.45) is 17.8 Å². The van der Waals surface area contributed by atoms with E-state index in [0.717, 1.165) is 23.7 Å². The van der Waals surface area contributed by atoms with Gasteiger partial charge in [-0.3, -0.25) is 0 Å². The van der Waals surface area contributed by atoms with Gasteiger partial charge in [0.2, 0.25) is 0 Å². The van der Waals surface area contributed by atoms with Gasteiger partial charge in [-0.15, -0.1) is 0 Å². The van der Waals surface area contributed by atoms with Gasteiger partial charge in [0.05, 0.1) is 0 Å². The molecule has 1 aromatic rings. The van der Waals surface area contributed by atoms with Crippen molar-refractivity contribution >= 4 is 0 Å². The van der Waals surface area contributed by atoms with E-state index in [2.05, 4.69) is 37.3 Å². The molecule has 0 spiro atoms. The minimum absolute atomic E-state index is 0.845. The molecule has 0 aromatic heterocycles. The van der Waals surface area contributed by atoms with Crippen molar-refractivity contribution in [1.29, 1.82) is 0 Å². The smallest absolute Gasteiger partial charge is 0.0162 e. The maximum absolute atomic E-state index is 2.34. The van der Waals surface area contributed by atoms with Gasteiger partial charge in [0.1, 0.15) is 0 Å². The molecule has 2 fully saturated rings. The first-order chi connectivity index (χ1) is 11.9. The van der Waals surface area contributed by atoms with Gasteiger partial charge in [0.25, 0.3) is 0 Å². The maximum Gasteiger partial charge on any atom is -0.0162 e. The lowest BCUT2D eigenvalue weighted by Gasteiger charge is -2.38. The molecule has 0 atom stereocenters. The summed E-state index contributed by atoms with van der Waals surface area (Å²) in [6.07, 6.45) is 19.3. The third-order valence-electron chi connectivity index (χ3n) is 7.07. The van der Waals surface area contributed by atoms with Gasteiger partial charge < -0.3 is 0 Å². The molecule has 0 saturated heterocycles. The van der Waals surface area contributed by atoms with E-state index in [9.17, 15) is 0 Å². The molecule has 0 heterocycles. The molecule has 1 aromatic carbocycles. The van der Waals surface area contributed by atoms with Crippen LogP contribution in [0.1, 0.15) is 102 Å².